The molecule has 0 bridgehead atoms. The molecular formula is C15H23NO3. The van der Waals surface area contributed by atoms with E-state index < -0.39 is 6.10 Å². The first-order chi connectivity index (χ1) is 8.99. The molecule has 1 atom stereocenters. The molecule has 106 valence electrons. The van der Waals surface area contributed by atoms with Gasteiger partial charge < -0.3 is 15.2 Å². The predicted molar refractivity (Wildman–Crippen MR) is 75.1 cm³/mol. The highest BCUT2D eigenvalue weighted by molar-refractivity contribution is 5.76. The van der Waals surface area contributed by atoms with Gasteiger partial charge in [-0.15, -0.1) is 0 Å². The Hall–Kier alpha value is -1.55. The average molecular weight is 265 g/mol. The maximum absolute atomic E-state index is 11.4. The summed E-state index contributed by atoms with van der Waals surface area (Å²) >= 11 is 0. The SMILES string of the molecule is Cc1ccccc1OCC(O)CNC(=O)CC(C)C. The summed E-state index contributed by atoms with van der Waals surface area (Å²) in [6, 6.07) is 7.63. The lowest BCUT2D eigenvalue weighted by Gasteiger charge is -2.15. The lowest BCUT2D eigenvalue weighted by Crippen LogP contribution is -2.35. The Morgan fingerprint density at radius 2 is 2.05 bits per heavy atom. The van der Waals surface area contributed by atoms with Crippen molar-refractivity contribution >= 4 is 5.91 Å². The number of carbonyl (C=O) groups excluding carboxylic acids is 1. The largest absolute Gasteiger partial charge is 0.491 e. The third kappa shape index (κ3) is 6.25. The van der Waals surface area contributed by atoms with Crippen LogP contribution in [-0.4, -0.2) is 30.3 Å². The number of para-hydroxylation sites is 1. The topological polar surface area (TPSA) is 58.6 Å². The molecule has 1 amide bonds. The Morgan fingerprint density at radius 3 is 2.68 bits per heavy atom. The minimum absolute atomic E-state index is 0.0371. The third-order valence-corrected chi connectivity index (χ3v) is 2.65. The van der Waals surface area contributed by atoms with Gasteiger partial charge in [-0.05, 0) is 24.5 Å². The van der Waals surface area contributed by atoms with Crippen LogP contribution in [-0.2, 0) is 4.79 Å². The van der Waals surface area contributed by atoms with E-state index in [9.17, 15) is 9.90 Å². The number of rotatable bonds is 7. The molecule has 0 aliphatic carbocycles. The third-order valence-electron chi connectivity index (χ3n) is 2.65. The van der Waals surface area contributed by atoms with E-state index in [1.54, 1.807) is 0 Å². The van der Waals surface area contributed by atoms with Gasteiger partial charge in [0.25, 0.3) is 0 Å². The molecule has 0 saturated carbocycles. The number of benzene rings is 1. The number of hydrogen-bond acceptors (Lipinski definition) is 3. The summed E-state index contributed by atoms with van der Waals surface area (Å²) in [7, 11) is 0. The Kier molecular flexibility index (Phi) is 6.36. The van der Waals surface area contributed by atoms with E-state index in [0.29, 0.717) is 12.3 Å². The molecule has 2 N–H and O–H groups in total. The Labute approximate surface area is 114 Å². The van der Waals surface area contributed by atoms with Gasteiger partial charge in [0.1, 0.15) is 18.5 Å². The molecule has 0 spiro atoms. The van der Waals surface area contributed by atoms with E-state index in [2.05, 4.69) is 5.32 Å². The van der Waals surface area contributed by atoms with Crippen LogP contribution < -0.4 is 10.1 Å². The highest BCUT2D eigenvalue weighted by Crippen LogP contribution is 2.16. The van der Waals surface area contributed by atoms with Crippen LogP contribution in [0.25, 0.3) is 0 Å². The molecule has 1 aromatic rings. The molecule has 4 nitrogen and oxygen atoms in total. The van der Waals surface area contributed by atoms with Gasteiger partial charge in [-0.3, -0.25) is 4.79 Å². The summed E-state index contributed by atoms with van der Waals surface area (Å²) in [5, 5.41) is 12.4. The highest BCUT2D eigenvalue weighted by atomic mass is 16.5. The number of carbonyl (C=O) groups is 1. The van der Waals surface area contributed by atoms with Gasteiger partial charge in [0.15, 0.2) is 0 Å². The second-order valence-corrected chi connectivity index (χ2v) is 5.13. The molecule has 4 heteroatoms. The van der Waals surface area contributed by atoms with E-state index in [1.807, 2.05) is 45.0 Å². The van der Waals surface area contributed by atoms with E-state index in [-0.39, 0.29) is 19.1 Å². The van der Waals surface area contributed by atoms with E-state index >= 15 is 0 Å². The van der Waals surface area contributed by atoms with Crippen molar-refractivity contribution in [3.05, 3.63) is 29.8 Å². The summed E-state index contributed by atoms with van der Waals surface area (Å²) in [5.74, 6) is 1.04. The first-order valence-electron chi connectivity index (χ1n) is 6.62. The second kappa shape index (κ2) is 7.79. The standard InChI is InChI=1S/C15H23NO3/c1-11(2)8-15(18)16-9-13(17)10-19-14-7-5-4-6-12(14)3/h4-7,11,13,17H,8-10H2,1-3H3,(H,16,18). The Morgan fingerprint density at radius 1 is 1.37 bits per heavy atom. The van der Waals surface area contributed by atoms with Crippen LogP contribution in [0.1, 0.15) is 25.8 Å². The summed E-state index contributed by atoms with van der Waals surface area (Å²) < 4.78 is 5.51. The quantitative estimate of drug-likeness (QED) is 0.791. The minimum atomic E-state index is -0.698. The Balaban J connectivity index is 2.27. The molecule has 0 aliphatic heterocycles. The number of ether oxygens (including phenoxy) is 1. The molecule has 0 heterocycles. The van der Waals surface area contributed by atoms with Crippen LogP contribution in [0.15, 0.2) is 24.3 Å². The number of amides is 1. The zero-order valence-corrected chi connectivity index (χ0v) is 11.8. The molecule has 0 fully saturated rings. The first kappa shape index (κ1) is 15.5. The molecule has 0 radical (unpaired) electrons. The fourth-order valence-corrected chi connectivity index (χ4v) is 1.64. The lowest BCUT2D eigenvalue weighted by atomic mass is 10.1. The minimum Gasteiger partial charge on any atom is -0.491 e. The van der Waals surface area contributed by atoms with E-state index in [4.69, 9.17) is 4.74 Å². The van der Waals surface area contributed by atoms with Gasteiger partial charge in [0, 0.05) is 13.0 Å². The molecule has 1 unspecified atom stereocenters. The number of hydrogen-bond donors (Lipinski definition) is 2. The predicted octanol–water partition coefficient (Wildman–Crippen LogP) is 1.90. The van der Waals surface area contributed by atoms with E-state index in [1.165, 1.54) is 0 Å². The summed E-state index contributed by atoms with van der Waals surface area (Å²) in [5.41, 5.74) is 1.03. The van der Waals surface area contributed by atoms with Gasteiger partial charge in [0.05, 0.1) is 0 Å². The van der Waals surface area contributed by atoms with Crippen LogP contribution in [0.5, 0.6) is 5.75 Å². The van der Waals surface area contributed by atoms with Crippen molar-refractivity contribution in [2.24, 2.45) is 5.92 Å². The Bertz CT molecular complexity index is 404. The maximum Gasteiger partial charge on any atom is 0.220 e. The molecule has 1 aromatic carbocycles. The van der Waals surface area contributed by atoms with Gasteiger partial charge >= 0.3 is 0 Å². The van der Waals surface area contributed by atoms with Crippen molar-refractivity contribution in [2.75, 3.05) is 13.2 Å². The molecule has 0 aliphatic rings. The summed E-state index contributed by atoms with van der Waals surface area (Å²) in [6.45, 7) is 6.31. The van der Waals surface area contributed by atoms with Gasteiger partial charge in [-0.1, -0.05) is 32.0 Å². The summed E-state index contributed by atoms with van der Waals surface area (Å²) in [6.07, 6.45) is -0.221. The molecule has 1 rings (SSSR count). The van der Waals surface area contributed by atoms with Crippen molar-refractivity contribution in [1.82, 2.24) is 5.32 Å². The van der Waals surface area contributed by atoms with Gasteiger partial charge in [-0.25, -0.2) is 0 Å². The van der Waals surface area contributed by atoms with Crippen LogP contribution in [0.3, 0.4) is 0 Å². The lowest BCUT2D eigenvalue weighted by molar-refractivity contribution is -0.122. The van der Waals surface area contributed by atoms with Crippen molar-refractivity contribution in [2.45, 2.75) is 33.3 Å². The van der Waals surface area contributed by atoms with Crippen LogP contribution in [0.2, 0.25) is 0 Å². The van der Waals surface area contributed by atoms with Crippen LogP contribution in [0.4, 0.5) is 0 Å². The molecule has 0 saturated heterocycles. The number of nitrogens with one attached hydrogen (secondary N) is 1. The average Bonchev–Trinajstić information content (AvgIpc) is 2.34. The number of aliphatic hydroxyl groups is 1. The van der Waals surface area contributed by atoms with Crippen molar-refractivity contribution < 1.29 is 14.6 Å². The summed E-state index contributed by atoms with van der Waals surface area (Å²) in [4.78, 5) is 11.4. The number of aryl methyl sites for hydroxylation is 1. The second-order valence-electron chi connectivity index (χ2n) is 5.13. The molecular weight excluding hydrogens is 242 g/mol. The van der Waals surface area contributed by atoms with Gasteiger partial charge in [-0.2, -0.15) is 0 Å². The zero-order valence-electron chi connectivity index (χ0n) is 11.8. The van der Waals surface area contributed by atoms with Crippen molar-refractivity contribution in [3.63, 3.8) is 0 Å². The highest BCUT2D eigenvalue weighted by Gasteiger charge is 2.09. The van der Waals surface area contributed by atoms with Crippen LogP contribution >= 0.6 is 0 Å². The van der Waals surface area contributed by atoms with Crippen molar-refractivity contribution in [3.8, 4) is 5.75 Å². The van der Waals surface area contributed by atoms with Crippen molar-refractivity contribution in [1.29, 1.82) is 0 Å². The number of aliphatic hydroxyl groups excluding tert-OH is 1. The zero-order chi connectivity index (χ0) is 14.3. The van der Waals surface area contributed by atoms with E-state index in [0.717, 1.165) is 11.3 Å². The fraction of sp³-hybridized carbons (Fsp3) is 0.533. The normalized spacial score (nSPS) is 12.3. The smallest absolute Gasteiger partial charge is 0.220 e. The first-order valence-corrected chi connectivity index (χ1v) is 6.62. The van der Waals surface area contributed by atoms with Gasteiger partial charge in [0.2, 0.25) is 5.91 Å². The molecule has 0 aromatic heterocycles. The monoisotopic (exact) mass is 265 g/mol. The maximum atomic E-state index is 11.4. The fourth-order valence-electron chi connectivity index (χ4n) is 1.64. The van der Waals surface area contributed by atoms with Crippen LogP contribution in [0, 0.1) is 12.8 Å². The molecule has 19 heavy (non-hydrogen) atoms.